The van der Waals surface area contributed by atoms with Gasteiger partial charge in [-0.15, -0.1) is 0 Å². The van der Waals surface area contributed by atoms with Crippen LogP contribution in [0.5, 0.6) is 5.75 Å². The van der Waals surface area contributed by atoms with Crippen LogP contribution in [0.15, 0.2) is 47.4 Å². The average Bonchev–Trinajstić information content (AvgIpc) is 2.97. The normalized spacial score (nSPS) is 15.4. The summed E-state index contributed by atoms with van der Waals surface area (Å²) < 4.78 is 33.5. The van der Waals surface area contributed by atoms with Gasteiger partial charge >= 0.3 is 0 Å². The van der Waals surface area contributed by atoms with E-state index in [2.05, 4.69) is 10.0 Å². The predicted molar refractivity (Wildman–Crippen MR) is 114 cm³/mol. The molecule has 3 rings (SSSR count). The molecule has 0 heterocycles. The van der Waals surface area contributed by atoms with Gasteiger partial charge in [-0.3, -0.25) is 9.52 Å². The topological polar surface area (TPSA) is 84.5 Å². The highest BCUT2D eigenvalue weighted by Crippen LogP contribution is 2.29. The van der Waals surface area contributed by atoms with Gasteiger partial charge in [0.15, 0.2) is 0 Å². The highest BCUT2D eigenvalue weighted by atomic mass is 35.5. The fraction of sp³-hybridized carbons (Fsp3) is 0.381. The van der Waals surface area contributed by atoms with E-state index < -0.39 is 10.0 Å². The van der Waals surface area contributed by atoms with Crippen molar-refractivity contribution in [2.75, 3.05) is 11.8 Å². The van der Waals surface area contributed by atoms with Crippen molar-refractivity contribution in [3.8, 4) is 5.75 Å². The molecule has 6 nitrogen and oxygen atoms in total. The van der Waals surface area contributed by atoms with E-state index in [1.54, 1.807) is 24.3 Å². The zero-order valence-electron chi connectivity index (χ0n) is 16.3. The van der Waals surface area contributed by atoms with E-state index in [-0.39, 0.29) is 27.4 Å². The molecule has 1 saturated carbocycles. The minimum atomic E-state index is -4.01. The number of hydrogen-bond donors (Lipinski definition) is 2. The maximum atomic E-state index is 12.9. The van der Waals surface area contributed by atoms with Crippen LogP contribution in [0.3, 0.4) is 0 Å². The number of methoxy groups -OCH3 is 1. The van der Waals surface area contributed by atoms with Crippen molar-refractivity contribution in [2.45, 2.75) is 49.5 Å². The summed E-state index contributed by atoms with van der Waals surface area (Å²) in [6.45, 7) is 0. The lowest BCUT2D eigenvalue weighted by Crippen LogP contribution is -2.34. The molecule has 0 atom stereocenters. The van der Waals surface area contributed by atoms with E-state index in [1.165, 1.54) is 38.2 Å². The number of rotatable bonds is 6. The van der Waals surface area contributed by atoms with Crippen molar-refractivity contribution in [3.05, 3.63) is 53.1 Å². The van der Waals surface area contributed by atoms with Crippen molar-refractivity contribution >= 4 is 33.2 Å². The van der Waals surface area contributed by atoms with Crippen LogP contribution in [0.25, 0.3) is 0 Å². The number of anilines is 1. The molecule has 0 radical (unpaired) electrons. The third-order valence-corrected chi connectivity index (χ3v) is 6.87. The molecule has 29 heavy (non-hydrogen) atoms. The van der Waals surface area contributed by atoms with Gasteiger partial charge in [0.25, 0.3) is 15.9 Å². The lowest BCUT2D eigenvalue weighted by atomic mass is 10.1. The SMILES string of the molecule is COc1ccccc1NS(=O)(=O)c1cc(C(=O)NC2CCCCCC2)ccc1Cl. The van der Waals surface area contributed by atoms with Gasteiger partial charge < -0.3 is 10.1 Å². The Balaban J connectivity index is 1.83. The molecule has 0 aliphatic heterocycles. The van der Waals surface area contributed by atoms with E-state index >= 15 is 0 Å². The van der Waals surface area contributed by atoms with Crippen molar-refractivity contribution in [3.63, 3.8) is 0 Å². The zero-order valence-corrected chi connectivity index (χ0v) is 17.9. The van der Waals surface area contributed by atoms with Crippen LogP contribution in [0.4, 0.5) is 5.69 Å². The van der Waals surface area contributed by atoms with E-state index in [4.69, 9.17) is 16.3 Å². The molecule has 0 saturated heterocycles. The summed E-state index contributed by atoms with van der Waals surface area (Å²) in [6.07, 6.45) is 6.44. The Morgan fingerprint density at radius 1 is 1.07 bits per heavy atom. The first-order valence-corrected chi connectivity index (χ1v) is 11.5. The summed E-state index contributed by atoms with van der Waals surface area (Å²) >= 11 is 6.16. The molecule has 0 spiro atoms. The Morgan fingerprint density at radius 3 is 2.45 bits per heavy atom. The molecular formula is C21H25ClN2O4S. The van der Waals surface area contributed by atoms with Crippen molar-refractivity contribution in [2.24, 2.45) is 0 Å². The number of para-hydroxylation sites is 2. The van der Waals surface area contributed by atoms with Crippen LogP contribution in [0.2, 0.25) is 5.02 Å². The molecule has 1 aliphatic rings. The molecule has 0 bridgehead atoms. The quantitative estimate of drug-likeness (QED) is 0.648. The number of hydrogen-bond acceptors (Lipinski definition) is 4. The van der Waals surface area contributed by atoms with Crippen LogP contribution in [0.1, 0.15) is 48.9 Å². The molecule has 2 N–H and O–H groups in total. The van der Waals surface area contributed by atoms with Crippen LogP contribution in [0, 0.1) is 0 Å². The third kappa shape index (κ3) is 5.42. The zero-order chi connectivity index (χ0) is 20.9. The van der Waals surface area contributed by atoms with Crippen LogP contribution >= 0.6 is 11.6 Å². The second kappa shape index (κ2) is 9.50. The standard InChI is InChI=1S/C21H25ClN2O4S/c1-28-19-11-7-6-10-18(19)24-29(26,27)20-14-15(12-13-17(20)22)21(25)23-16-8-4-2-3-5-9-16/h6-7,10-14,16,24H,2-5,8-9H2,1H3,(H,23,25). The molecule has 2 aromatic carbocycles. The first-order chi connectivity index (χ1) is 13.9. The number of carbonyl (C=O) groups is 1. The van der Waals surface area contributed by atoms with Crippen LogP contribution < -0.4 is 14.8 Å². The summed E-state index contributed by atoms with van der Waals surface area (Å²) in [5, 5.41) is 3.06. The van der Waals surface area contributed by atoms with Crippen molar-refractivity contribution in [1.29, 1.82) is 0 Å². The number of halogens is 1. The van der Waals surface area contributed by atoms with E-state index in [9.17, 15) is 13.2 Å². The second-order valence-corrected chi connectivity index (χ2v) is 9.17. The summed E-state index contributed by atoms with van der Waals surface area (Å²) in [4.78, 5) is 12.5. The number of ether oxygens (including phenoxy) is 1. The fourth-order valence-electron chi connectivity index (χ4n) is 3.47. The number of nitrogens with one attached hydrogen (secondary N) is 2. The monoisotopic (exact) mass is 436 g/mol. The minimum absolute atomic E-state index is 0.0402. The summed E-state index contributed by atoms with van der Waals surface area (Å²) in [5.74, 6) is 0.0942. The first-order valence-electron chi connectivity index (χ1n) is 9.67. The Kier molecular flexibility index (Phi) is 7.03. The van der Waals surface area contributed by atoms with E-state index in [0.29, 0.717) is 11.4 Å². The molecule has 1 amide bonds. The van der Waals surface area contributed by atoms with Gasteiger partial charge in [0, 0.05) is 11.6 Å². The van der Waals surface area contributed by atoms with Crippen molar-refractivity contribution < 1.29 is 17.9 Å². The summed E-state index contributed by atoms with van der Waals surface area (Å²) in [6, 6.07) is 11.1. The number of benzene rings is 2. The Morgan fingerprint density at radius 2 is 1.76 bits per heavy atom. The van der Waals surface area contributed by atoms with Crippen LogP contribution in [-0.4, -0.2) is 27.5 Å². The number of amides is 1. The first kappa shape index (κ1) is 21.5. The van der Waals surface area contributed by atoms with Crippen molar-refractivity contribution in [1.82, 2.24) is 5.32 Å². The molecule has 1 fully saturated rings. The van der Waals surface area contributed by atoms with E-state index in [1.807, 2.05) is 0 Å². The lowest BCUT2D eigenvalue weighted by molar-refractivity contribution is 0.0933. The van der Waals surface area contributed by atoms with Gasteiger partial charge in [-0.2, -0.15) is 0 Å². The Labute approximate surface area is 176 Å². The molecule has 156 valence electrons. The summed E-state index contributed by atoms with van der Waals surface area (Å²) in [5.41, 5.74) is 0.554. The van der Waals surface area contributed by atoms with Gasteiger partial charge in [0.05, 0.1) is 17.8 Å². The molecule has 0 aromatic heterocycles. The van der Waals surface area contributed by atoms with Gasteiger partial charge in [-0.05, 0) is 43.2 Å². The number of carbonyl (C=O) groups excluding carboxylic acids is 1. The van der Waals surface area contributed by atoms with Gasteiger partial charge in [0.1, 0.15) is 10.6 Å². The minimum Gasteiger partial charge on any atom is -0.495 e. The molecule has 8 heteroatoms. The summed E-state index contributed by atoms with van der Waals surface area (Å²) in [7, 11) is -2.56. The Hall–Kier alpha value is -2.25. The molecular weight excluding hydrogens is 412 g/mol. The maximum Gasteiger partial charge on any atom is 0.263 e. The smallest absolute Gasteiger partial charge is 0.263 e. The van der Waals surface area contributed by atoms with E-state index in [0.717, 1.165) is 25.7 Å². The highest BCUT2D eigenvalue weighted by molar-refractivity contribution is 7.92. The number of sulfonamides is 1. The predicted octanol–water partition coefficient (Wildman–Crippen LogP) is 4.60. The molecule has 0 unspecified atom stereocenters. The average molecular weight is 437 g/mol. The molecule has 2 aromatic rings. The Bertz CT molecular complexity index is 970. The fourth-order valence-corrected chi connectivity index (χ4v) is 5.07. The lowest BCUT2D eigenvalue weighted by Gasteiger charge is -2.17. The van der Waals surface area contributed by atoms with Gasteiger partial charge in [0.2, 0.25) is 0 Å². The van der Waals surface area contributed by atoms with Gasteiger partial charge in [-0.1, -0.05) is 49.4 Å². The second-order valence-electron chi connectivity index (χ2n) is 7.11. The maximum absolute atomic E-state index is 12.9. The largest absolute Gasteiger partial charge is 0.495 e. The molecule has 1 aliphatic carbocycles. The third-order valence-electron chi connectivity index (χ3n) is 5.02. The van der Waals surface area contributed by atoms with Gasteiger partial charge in [-0.25, -0.2) is 8.42 Å². The highest BCUT2D eigenvalue weighted by Gasteiger charge is 2.23. The van der Waals surface area contributed by atoms with Crippen LogP contribution in [-0.2, 0) is 10.0 Å².